The molecule has 1 unspecified atom stereocenters. The first-order chi connectivity index (χ1) is 8.16. The van der Waals surface area contributed by atoms with Gasteiger partial charge >= 0.3 is 0 Å². The van der Waals surface area contributed by atoms with Crippen LogP contribution in [0.4, 0.5) is 0 Å². The molecule has 0 heterocycles. The molecule has 3 atom stereocenters. The van der Waals surface area contributed by atoms with Gasteiger partial charge in [-0.25, -0.2) is 0 Å². The third-order valence-electron chi connectivity index (χ3n) is 2.39. The zero-order valence-corrected chi connectivity index (χ0v) is 11.0. The summed E-state index contributed by atoms with van der Waals surface area (Å²) in [5.41, 5.74) is 15.8. The average molecular weight is 258 g/mol. The number of carbonyl (C=O) groups is 3. The van der Waals surface area contributed by atoms with Crippen LogP contribution in [0.3, 0.4) is 0 Å². The first-order valence-electron chi connectivity index (χ1n) is 5.81. The fourth-order valence-electron chi connectivity index (χ4n) is 1.38. The number of Topliss-reactive ketones (excluding diaryl/α,β-unsaturated/α-hetero) is 1. The topological polar surface area (TPSA) is 141 Å². The zero-order valence-electron chi connectivity index (χ0n) is 11.0. The molecule has 0 aromatic carbocycles. The van der Waals surface area contributed by atoms with Crippen molar-refractivity contribution in [1.82, 2.24) is 5.32 Å². The highest BCUT2D eigenvalue weighted by atomic mass is 16.2. The maximum absolute atomic E-state index is 11.9. The lowest BCUT2D eigenvalue weighted by Crippen LogP contribution is -2.55. The van der Waals surface area contributed by atoms with Gasteiger partial charge in [0.25, 0.3) is 0 Å². The standard InChI is InChI=1S/C11H22N4O3/c1-5(2)4-7(15-11(18)6(3)12)9(16)8(13)10(14)17/h5-8H,4,12-13H2,1-3H3,(H2,14,17)(H,15,18)/t6-,7-,8?/m0/s1. The fourth-order valence-corrected chi connectivity index (χ4v) is 1.38. The molecule has 0 spiro atoms. The summed E-state index contributed by atoms with van der Waals surface area (Å²) in [6.07, 6.45) is 0.373. The summed E-state index contributed by atoms with van der Waals surface area (Å²) >= 11 is 0. The van der Waals surface area contributed by atoms with E-state index >= 15 is 0 Å². The predicted octanol–water partition coefficient (Wildman–Crippen LogP) is -1.75. The molecule has 0 saturated heterocycles. The van der Waals surface area contributed by atoms with Gasteiger partial charge in [-0.05, 0) is 19.3 Å². The molecule has 0 aliphatic rings. The van der Waals surface area contributed by atoms with Crippen molar-refractivity contribution in [2.24, 2.45) is 23.1 Å². The largest absolute Gasteiger partial charge is 0.368 e. The minimum atomic E-state index is -1.41. The van der Waals surface area contributed by atoms with Crippen molar-refractivity contribution < 1.29 is 14.4 Å². The second kappa shape index (κ2) is 7.07. The van der Waals surface area contributed by atoms with Gasteiger partial charge in [0.05, 0.1) is 12.1 Å². The van der Waals surface area contributed by atoms with Crippen molar-refractivity contribution in [1.29, 1.82) is 0 Å². The molecule has 18 heavy (non-hydrogen) atoms. The van der Waals surface area contributed by atoms with Crippen molar-refractivity contribution in [2.75, 3.05) is 0 Å². The molecule has 0 radical (unpaired) electrons. The molecule has 0 rings (SSSR count). The smallest absolute Gasteiger partial charge is 0.242 e. The van der Waals surface area contributed by atoms with E-state index < -0.39 is 35.7 Å². The monoisotopic (exact) mass is 258 g/mol. The van der Waals surface area contributed by atoms with Crippen LogP contribution in [0.15, 0.2) is 0 Å². The SMILES string of the molecule is CC(C)C[C@H](NC(=O)[C@H](C)N)C(=O)C(N)C(N)=O. The quantitative estimate of drug-likeness (QED) is 0.400. The van der Waals surface area contributed by atoms with Gasteiger partial charge in [-0.15, -0.1) is 0 Å². The van der Waals surface area contributed by atoms with Gasteiger partial charge in [0.15, 0.2) is 5.78 Å². The molecular weight excluding hydrogens is 236 g/mol. The Labute approximate surface area is 106 Å². The van der Waals surface area contributed by atoms with Crippen LogP contribution in [0.1, 0.15) is 27.2 Å². The number of hydrogen-bond acceptors (Lipinski definition) is 5. The second-order valence-electron chi connectivity index (χ2n) is 4.76. The molecule has 0 fully saturated rings. The molecule has 0 aliphatic carbocycles. The van der Waals surface area contributed by atoms with Crippen molar-refractivity contribution in [3.8, 4) is 0 Å². The number of amides is 2. The van der Waals surface area contributed by atoms with Crippen LogP contribution in [-0.2, 0) is 14.4 Å². The molecule has 0 bridgehead atoms. The van der Waals surface area contributed by atoms with Gasteiger partial charge in [-0.3, -0.25) is 14.4 Å². The first-order valence-corrected chi connectivity index (χ1v) is 5.81. The Balaban J connectivity index is 4.83. The molecule has 0 aliphatic heterocycles. The Morgan fingerprint density at radius 3 is 1.94 bits per heavy atom. The second-order valence-corrected chi connectivity index (χ2v) is 4.76. The van der Waals surface area contributed by atoms with E-state index in [1.165, 1.54) is 6.92 Å². The lowest BCUT2D eigenvalue weighted by molar-refractivity contribution is -0.133. The van der Waals surface area contributed by atoms with E-state index in [0.29, 0.717) is 6.42 Å². The summed E-state index contributed by atoms with van der Waals surface area (Å²) < 4.78 is 0. The number of ketones is 1. The maximum atomic E-state index is 11.9. The number of rotatable bonds is 7. The van der Waals surface area contributed by atoms with E-state index in [1.807, 2.05) is 13.8 Å². The van der Waals surface area contributed by atoms with Gasteiger partial charge in [0.2, 0.25) is 11.8 Å². The number of carbonyl (C=O) groups excluding carboxylic acids is 3. The van der Waals surface area contributed by atoms with Gasteiger partial charge < -0.3 is 22.5 Å². The van der Waals surface area contributed by atoms with Crippen LogP contribution in [-0.4, -0.2) is 35.7 Å². The van der Waals surface area contributed by atoms with Gasteiger partial charge in [-0.1, -0.05) is 13.8 Å². The molecule has 0 aromatic heterocycles. The van der Waals surface area contributed by atoms with E-state index in [0.717, 1.165) is 0 Å². The first kappa shape index (κ1) is 16.5. The number of nitrogens with one attached hydrogen (secondary N) is 1. The van der Waals surface area contributed by atoms with Crippen LogP contribution in [0.2, 0.25) is 0 Å². The highest BCUT2D eigenvalue weighted by molar-refractivity contribution is 6.07. The number of hydrogen-bond donors (Lipinski definition) is 4. The van der Waals surface area contributed by atoms with E-state index in [1.54, 1.807) is 0 Å². The summed E-state index contributed by atoms with van der Waals surface area (Å²) in [6.45, 7) is 5.27. The van der Waals surface area contributed by atoms with Crippen LogP contribution in [0, 0.1) is 5.92 Å². The Kier molecular flexibility index (Phi) is 6.50. The lowest BCUT2D eigenvalue weighted by atomic mass is 9.96. The summed E-state index contributed by atoms with van der Waals surface area (Å²) in [5, 5.41) is 2.48. The Hall–Kier alpha value is -1.47. The fraction of sp³-hybridized carbons (Fsp3) is 0.727. The molecule has 7 nitrogen and oxygen atoms in total. The highest BCUT2D eigenvalue weighted by Crippen LogP contribution is 2.07. The van der Waals surface area contributed by atoms with Crippen LogP contribution < -0.4 is 22.5 Å². The Bertz CT molecular complexity index is 328. The van der Waals surface area contributed by atoms with Gasteiger partial charge in [0.1, 0.15) is 6.04 Å². The summed E-state index contributed by atoms with van der Waals surface area (Å²) in [7, 11) is 0. The van der Waals surface area contributed by atoms with Crippen LogP contribution in [0.5, 0.6) is 0 Å². The van der Waals surface area contributed by atoms with E-state index in [2.05, 4.69) is 5.32 Å². The normalized spacial score (nSPS) is 15.9. The third kappa shape index (κ3) is 5.24. The average Bonchev–Trinajstić information content (AvgIpc) is 2.24. The van der Waals surface area contributed by atoms with Crippen molar-refractivity contribution in [3.63, 3.8) is 0 Å². The van der Waals surface area contributed by atoms with Crippen molar-refractivity contribution >= 4 is 17.6 Å². The van der Waals surface area contributed by atoms with E-state index in [-0.39, 0.29) is 5.92 Å². The molecule has 0 saturated carbocycles. The van der Waals surface area contributed by atoms with Crippen LogP contribution in [0.25, 0.3) is 0 Å². The number of primary amides is 1. The summed E-state index contributed by atoms with van der Waals surface area (Å²) in [6, 6.07) is -3.00. The predicted molar refractivity (Wildman–Crippen MR) is 67.2 cm³/mol. The summed E-state index contributed by atoms with van der Waals surface area (Å²) in [4.78, 5) is 34.3. The number of nitrogens with two attached hydrogens (primary N) is 3. The van der Waals surface area contributed by atoms with Crippen molar-refractivity contribution in [2.45, 2.75) is 45.3 Å². The minimum Gasteiger partial charge on any atom is -0.368 e. The Morgan fingerprint density at radius 1 is 1.11 bits per heavy atom. The molecule has 0 aromatic rings. The molecule has 2 amide bonds. The van der Waals surface area contributed by atoms with E-state index in [4.69, 9.17) is 17.2 Å². The van der Waals surface area contributed by atoms with Gasteiger partial charge in [0, 0.05) is 0 Å². The summed E-state index contributed by atoms with van der Waals surface area (Å²) in [5.74, 6) is -1.83. The highest BCUT2D eigenvalue weighted by Gasteiger charge is 2.30. The van der Waals surface area contributed by atoms with E-state index in [9.17, 15) is 14.4 Å². The Morgan fingerprint density at radius 2 is 1.61 bits per heavy atom. The van der Waals surface area contributed by atoms with Crippen molar-refractivity contribution in [3.05, 3.63) is 0 Å². The molecule has 7 heteroatoms. The maximum Gasteiger partial charge on any atom is 0.242 e. The zero-order chi connectivity index (χ0) is 14.5. The molecule has 104 valence electrons. The van der Waals surface area contributed by atoms with Gasteiger partial charge in [-0.2, -0.15) is 0 Å². The van der Waals surface area contributed by atoms with Crippen LogP contribution >= 0.6 is 0 Å². The third-order valence-corrected chi connectivity index (χ3v) is 2.39. The lowest BCUT2D eigenvalue weighted by Gasteiger charge is -2.22. The minimum absolute atomic E-state index is 0.146. The molecule has 7 N–H and O–H groups in total. The molecular formula is C11H22N4O3.